The summed E-state index contributed by atoms with van der Waals surface area (Å²) in [4.78, 5) is 30.6. The molecule has 12 heteroatoms. The molecular weight excluding hydrogens is 465 g/mol. The lowest BCUT2D eigenvalue weighted by Crippen LogP contribution is -2.29. The lowest BCUT2D eigenvalue weighted by atomic mass is 10.1. The average molecular weight is 486 g/mol. The number of nitrogens with one attached hydrogen (secondary N) is 1. The van der Waals surface area contributed by atoms with Gasteiger partial charge in [0.1, 0.15) is 22.5 Å². The van der Waals surface area contributed by atoms with Crippen LogP contribution in [0.3, 0.4) is 0 Å². The third kappa shape index (κ3) is 4.35. The number of hydrogen-bond donors (Lipinski definition) is 4. The fourth-order valence-electron chi connectivity index (χ4n) is 3.52. The molecule has 1 aromatic carbocycles. The number of halogens is 2. The van der Waals surface area contributed by atoms with Crippen molar-refractivity contribution in [2.45, 2.75) is 25.8 Å². The standard InChI is InChI=1S/C21H21Cl2N9O/c1-2-4-13(28-18-16(23)17(25)30-21(26)31-18)19-29-12-6-3-5-11(22)15(12)20(33)32(19)10-7-8-14(24)27-9-10/h3,5-9,13H,2,4H2,1H3,(H2,24,27)(H5,25,26,28,30,31)/t13-/m0/s1. The average Bonchev–Trinajstić information content (AvgIpc) is 2.77. The Morgan fingerprint density at radius 3 is 2.58 bits per heavy atom. The molecule has 4 rings (SSSR count). The van der Waals surface area contributed by atoms with Crippen molar-refractivity contribution in [3.8, 4) is 5.69 Å². The summed E-state index contributed by atoms with van der Waals surface area (Å²) in [5.74, 6) is 0.980. The van der Waals surface area contributed by atoms with Gasteiger partial charge in [0.15, 0.2) is 5.82 Å². The summed E-state index contributed by atoms with van der Waals surface area (Å²) in [5.41, 5.74) is 18.0. The minimum Gasteiger partial charge on any atom is -0.384 e. The van der Waals surface area contributed by atoms with E-state index in [2.05, 4.69) is 20.3 Å². The van der Waals surface area contributed by atoms with Crippen LogP contribution in [0.2, 0.25) is 10.0 Å². The first-order chi connectivity index (χ1) is 15.8. The van der Waals surface area contributed by atoms with E-state index in [-0.39, 0.29) is 28.2 Å². The summed E-state index contributed by atoms with van der Waals surface area (Å²) in [6, 6.07) is 7.91. The number of anilines is 4. The van der Waals surface area contributed by atoms with Crippen LogP contribution in [-0.2, 0) is 0 Å². The Hall–Kier alpha value is -3.63. The predicted molar refractivity (Wildman–Crippen MR) is 132 cm³/mol. The maximum Gasteiger partial charge on any atom is 0.267 e. The summed E-state index contributed by atoms with van der Waals surface area (Å²) in [7, 11) is 0. The van der Waals surface area contributed by atoms with Crippen LogP contribution in [0, 0.1) is 0 Å². The van der Waals surface area contributed by atoms with Crippen molar-refractivity contribution < 1.29 is 0 Å². The first-order valence-corrected chi connectivity index (χ1v) is 10.8. The van der Waals surface area contributed by atoms with Crippen molar-refractivity contribution >= 4 is 57.5 Å². The van der Waals surface area contributed by atoms with E-state index in [0.29, 0.717) is 39.7 Å². The number of nitrogen functional groups attached to an aromatic ring is 3. The van der Waals surface area contributed by atoms with Crippen LogP contribution in [0.1, 0.15) is 31.6 Å². The molecule has 0 spiro atoms. The minimum atomic E-state index is -0.491. The molecule has 0 saturated carbocycles. The lowest BCUT2D eigenvalue weighted by molar-refractivity contribution is 0.615. The number of aromatic nitrogens is 5. The molecule has 0 aliphatic heterocycles. The van der Waals surface area contributed by atoms with E-state index in [4.69, 9.17) is 45.4 Å². The Morgan fingerprint density at radius 1 is 1.09 bits per heavy atom. The minimum absolute atomic E-state index is 0.0342. The Kier molecular flexibility index (Phi) is 6.21. The molecule has 170 valence electrons. The maximum atomic E-state index is 13.7. The summed E-state index contributed by atoms with van der Waals surface area (Å²) >= 11 is 12.7. The van der Waals surface area contributed by atoms with Crippen LogP contribution in [0.4, 0.5) is 23.4 Å². The van der Waals surface area contributed by atoms with E-state index < -0.39 is 6.04 Å². The first-order valence-electron chi connectivity index (χ1n) is 10.1. The van der Waals surface area contributed by atoms with Crippen molar-refractivity contribution in [1.29, 1.82) is 0 Å². The van der Waals surface area contributed by atoms with Crippen molar-refractivity contribution in [1.82, 2.24) is 24.5 Å². The van der Waals surface area contributed by atoms with Crippen LogP contribution in [0.5, 0.6) is 0 Å². The van der Waals surface area contributed by atoms with Gasteiger partial charge in [0.05, 0.1) is 33.9 Å². The van der Waals surface area contributed by atoms with E-state index >= 15 is 0 Å². The number of nitrogens with zero attached hydrogens (tertiary/aromatic N) is 5. The molecular formula is C21H21Cl2N9O. The fourth-order valence-corrected chi connectivity index (χ4v) is 3.91. The SMILES string of the molecule is CCC[C@H](Nc1nc(N)nc(N)c1Cl)c1nc2cccc(Cl)c2c(=O)n1-c1ccc(N)nc1. The Labute approximate surface area is 198 Å². The zero-order valence-electron chi connectivity index (χ0n) is 17.6. The van der Waals surface area contributed by atoms with Crippen molar-refractivity contribution in [2.75, 3.05) is 22.5 Å². The monoisotopic (exact) mass is 485 g/mol. The zero-order valence-corrected chi connectivity index (χ0v) is 19.1. The quantitative estimate of drug-likeness (QED) is 0.319. The highest BCUT2D eigenvalue weighted by Crippen LogP contribution is 2.31. The third-order valence-corrected chi connectivity index (χ3v) is 5.68. The smallest absolute Gasteiger partial charge is 0.267 e. The van der Waals surface area contributed by atoms with E-state index in [9.17, 15) is 4.79 Å². The Morgan fingerprint density at radius 2 is 1.88 bits per heavy atom. The number of pyridine rings is 1. The third-order valence-electron chi connectivity index (χ3n) is 5.00. The van der Waals surface area contributed by atoms with Gasteiger partial charge in [-0.25, -0.2) is 9.97 Å². The number of rotatable bonds is 6. The number of fused-ring (bicyclic) bond motifs is 1. The molecule has 3 heterocycles. The topological polar surface area (TPSA) is 164 Å². The van der Waals surface area contributed by atoms with E-state index in [0.717, 1.165) is 6.42 Å². The second-order valence-corrected chi connectivity index (χ2v) is 8.09. The van der Waals surface area contributed by atoms with Gasteiger partial charge in [-0.2, -0.15) is 9.97 Å². The zero-order chi connectivity index (χ0) is 23.7. The summed E-state index contributed by atoms with van der Waals surface area (Å²) in [6.45, 7) is 2.00. The van der Waals surface area contributed by atoms with Gasteiger partial charge in [-0.05, 0) is 30.7 Å². The Bertz CT molecular complexity index is 1390. The fraction of sp³-hybridized carbons (Fsp3) is 0.190. The van der Waals surface area contributed by atoms with Gasteiger partial charge in [0.2, 0.25) is 5.95 Å². The normalized spacial score (nSPS) is 12.1. The highest BCUT2D eigenvalue weighted by Gasteiger charge is 2.24. The molecule has 0 radical (unpaired) electrons. The molecule has 0 unspecified atom stereocenters. The summed E-state index contributed by atoms with van der Waals surface area (Å²) in [6.07, 6.45) is 2.84. The molecule has 0 bridgehead atoms. The van der Waals surface area contributed by atoms with Gasteiger partial charge >= 0.3 is 0 Å². The van der Waals surface area contributed by atoms with Gasteiger partial charge in [0.25, 0.3) is 5.56 Å². The summed E-state index contributed by atoms with van der Waals surface area (Å²) in [5, 5.41) is 3.95. The first kappa shape index (κ1) is 22.6. The highest BCUT2D eigenvalue weighted by molar-refractivity contribution is 6.35. The van der Waals surface area contributed by atoms with Gasteiger partial charge in [0, 0.05) is 0 Å². The van der Waals surface area contributed by atoms with Crippen molar-refractivity contribution in [2.24, 2.45) is 0 Å². The van der Waals surface area contributed by atoms with Crippen LogP contribution < -0.4 is 28.1 Å². The molecule has 33 heavy (non-hydrogen) atoms. The molecule has 7 N–H and O–H groups in total. The lowest BCUT2D eigenvalue weighted by Gasteiger charge is -2.23. The Balaban J connectivity index is 1.98. The molecule has 3 aromatic heterocycles. The number of nitrogens with two attached hydrogens (primary N) is 3. The molecule has 0 amide bonds. The van der Waals surface area contributed by atoms with Crippen LogP contribution in [-0.4, -0.2) is 24.5 Å². The highest BCUT2D eigenvalue weighted by atomic mass is 35.5. The summed E-state index contributed by atoms with van der Waals surface area (Å²) < 4.78 is 1.45. The van der Waals surface area contributed by atoms with Crippen LogP contribution in [0.25, 0.3) is 16.6 Å². The largest absolute Gasteiger partial charge is 0.384 e. The molecule has 0 saturated heterocycles. The van der Waals surface area contributed by atoms with E-state index in [1.54, 1.807) is 30.3 Å². The number of hydrogen-bond acceptors (Lipinski definition) is 9. The maximum absolute atomic E-state index is 13.7. The van der Waals surface area contributed by atoms with Gasteiger partial charge < -0.3 is 22.5 Å². The van der Waals surface area contributed by atoms with Crippen molar-refractivity contribution in [3.63, 3.8) is 0 Å². The van der Waals surface area contributed by atoms with Crippen molar-refractivity contribution in [3.05, 3.63) is 62.8 Å². The van der Waals surface area contributed by atoms with E-state index in [1.807, 2.05) is 6.92 Å². The predicted octanol–water partition coefficient (Wildman–Crippen LogP) is 3.58. The molecule has 0 aliphatic rings. The second-order valence-electron chi connectivity index (χ2n) is 7.30. The van der Waals surface area contributed by atoms with Crippen LogP contribution in [0.15, 0.2) is 41.3 Å². The van der Waals surface area contributed by atoms with Crippen LogP contribution >= 0.6 is 23.2 Å². The van der Waals surface area contributed by atoms with Gasteiger partial charge in [-0.3, -0.25) is 9.36 Å². The second kappa shape index (κ2) is 9.08. The van der Waals surface area contributed by atoms with E-state index in [1.165, 1.54) is 10.8 Å². The van der Waals surface area contributed by atoms with Gasteiger partial charge in [-0.15, -0.1) is 0 Å². The molecule has 0 fully saturated rings. The molecule has 4 aromatic rings. The number of benzene rings is 1. The molecule has 1 atom stereocenters. The molecule has 0 aliphatic carbocycles. The molecule has 10 nitrogen and oxygen atoms in total. The van der Waals surface area contributed by atoms with Gasteiger partial charge in [-0.1, -0.05) is 42.6 Å².